The van der Waals surface area contributed by atoms with E-state index in [1.54, 1.807) is 11.8 Å². The van der Waals surface area contributed by atoms with E-state index in [-0.39, 0.29) is 23.7 Å². The molecule has 2 aromatic rings. The number of esters is 1. The van der Waals surface area contributed by atoms with Gasteiger partial charge >= 0.3 is 5.97 Å². The first-order chi connectivity index (χ1) is 15.1. The van der Waals surface area contributed by atoms with Crippen LogP contribution in [-0.2, 0) is 20.1 Å². The fraction of sp³-hybridized carbons (Fsp3) is 0.375. The highest BCUT2D eigenvalue weighted by atomic mass is 32.2. The number of carbonyl (C=O) groups excluding carboxylic acids is 3. The maximum Gasteiger partial charge on any atom is 0.310 e. The Hall–Kier alpha value is -2.80. The van der Waals surface area contributed by atoms with Crippen molar-refractivity contribution >= 4 is 35.2 Å². The van der Waals surface area contributed by atoms with Gasteiger partial charge < -0.3 is 15.0 Å². The average molecular weight is 441 g/mol. The first-order valence-electron chi connectivity index (χ1n) is 10.5. The van der Waals surface area contributed by atoms with Gasteiger partial charge in [-0.3, -0.25) is 14.4 Å². The summed E-state index contributed by atoms with van der Waals surface area (Å²) in [4.78, 5) is 38.6. The molecule has 0 radical (unpaired) electrons. The van der Waals surface area contributed by atoms with Crippen molar-refractivity contribution in [3.05, 3.63) is 65.7 Å². The zero-order chi connectivity index (χ0) is 22.1. The molecule has 164 valence electrons. The molecule has 1 saturated heterocycles. The van der Waals surface area contributed by atoms with E-state index in [1.807, 2.05) is 54.6 Å². The van der Waals surface area contributed by atoms with Crippen LogP contribution in [0.15, 0.2) is 54.6 Å². The smallest absolute Gasteiger partial charge is 0.310 e. The molecule has 1 unspecified atom stereocenters. The van der Waals surface area contributed by atoms with Gasteiger partial charge in [-0.05, 0) is 49.6 Å². The number of nitrogens with one attached hydrogen (secondary N) is 1. The Morgan fingerprint density at radius 1 is 1.10 bits per heavy atom. The van der Waals surface area contributed by atoms with Crippen molar-refractivity contribution in [3.8, 4) is 0 Å². The van der Waals surface area contributed by atoms with Crippen molar-refractivity contribution in [3.63, 3.8) is 0 Å². The van der Waals surface area contributed by atoms with Gasteiger partial charge in [0.2, 0.25) is 5.91 Å². The highest BCUT2D eigenvalue weighted by Gasteiger charge is 2.29. The number of carbonyl (C=O) groups is 3. The summed E-state index contributed by atoms with van der Waals surface area (Å²) < 4.78 is 5.11. The first kappa shape index (κ1) is 22.9. The van der Waals surface area contributed by atoms with Crippen LogP contribution in [-0.4, -0.2) is 48.1 Å². The Bertz CT molecular complexity index is 886. The predicted molar refractivity (Wildman–Crippen MR) is 123 cm³/mol. The van der Waals surface area contributed by atoms with E-state index in [0.717, 1.165) is 24.1 Å². The van der Waals surface area contributed by atoms with Gasteiger partial charge in [0.05, 0.1) is 18.3 Å². The number of likely N-dealkylation sites (tertiary alicyclic amines) is 1. The molecule has 1 fully saturated rings. The van der Waals surface area contributed by atoms with Gasteiger partial charge in [0.25, 0.3) is 5.91 Å². The lowest BCUT2D eigenvalue weighted by Crippen LogP contribution is -2.42. The number of nitrogens with zero attached hydrogens (tertiary/aromatic N) is 1. The van der Waals surface area contributed by atoms with Crippen molar-refractivity contribution in [2.24, 2.45) is 5.92 Å². The molecule has 0 bridgehead atoms. The lowest BCUT2D eigenvalue weighted by molar-refractivity contribution is -0.149. The zero-order valence-corrected chi connectivity index (χ0v) is 18.5. The van der Waals surface area contributed by atoms with Crippen LogP contribution in [0.3, 0.4) is 0 Å². The van der Waals surface area contributed by atoms with Crippen molar-refractivity contribution in [1.82, 2.24) is 4.90 Å². The van der Waals surface area contributed by atoms with E-state index in [1.165, 1.54) is 11.8 Å². The summed E-state index contributed by atoms with van der Waals surface area (Å²) in [6.45, 7) is 3.21. The van der Waals surface area contributed by atoms with Crippen molar-refractivity contribution in [1.29, 1.82) is 0 Å². The molecule has 31 heavy (non-hydrogen) atoms. The van der Waals surface area contributed by atoms with Crippen molar-refractivity contribution < 1.29 is 19.1 Å². The number of ether oxygens (including phenoxy) is 1. The van der Waals surface area contributed by atoms with Crippen molar-refractivity contribution in [2.45, 2.75) is 25.5 Å². The normalized spacial score (nSPS) is 15.9. The van der Waals surface area contributed by atoms with E-state index in [9.17, 15) is 14.4 Å². The second-order valence-electron chi connectivity index (χ2n) is 7.45. The minimum atomic E-state index is -0.240. The Balaban J connectivity index is 1.46. The van der Waals surface area contributed by atoms with Gasteiger partial charge in [0.15, 0.2) is 0 Å². The summed E-state index contributed by atoms with van der Waals surface area (Å²) >= 11 is 1.53. The van der Waals surface area contributed by atoms with E-state index in [4.69, 9.17) is 4.74 Å². The number of piperidine rings is 1. The quantitative estimate of drug-likeness (QED) is 0.629. The number of hydrogen-bond acceptors (Lipinski definition) is 5. The fourth-order valence-corrected chi connectivity index (χ4v) is 4.31. The van der Waals surface area contributed by atoms with E-state index >= 15 is 0 Å². The van der Waals surface area contributed by atoms with Crippen LogP contribution >= 0.6 is 11.8 Å². The molecule has 1 aliphatic heterocycles. The predicted octanol–water partition coefficient (Wildman–Crippen LogP) is 3.97. The minimum absolute atomic E-state index is 0.0377. The van der Waals surface area contributed by atoms with Crippen LogP contribution in [0.5, 0.6) is 0 Å². The molecule has 6 nitrogen and oxygen atoms in total. The molecule has 1 aliphatic rings. The summed E-state index contributed by atoms with van der Waals surface area (Å²) in [5.41, 5.74) is 2.45. The summed E-state index contributed by atoms with van der Waals surface area (Å²) in [6, 6.07) is 16.9. The molecule has 0 aliphatic carbocycles. The van der Waals surface area contributed by atoms with Crippen LogP contribution in [0.4, 0.5) is 5.69 Å². The zero-order valence-electron chi connectivity index (χ0n) is 17.7. The molecule has 7 heteroatoms. The molecule has 1 N–H and O–H groups in total. The summed E-state index contributed by atoms with van der Waals surface area (Å²) in [6.07, 6.45) is 1.56. The molecular formula is C24H28N2O4S. The Morgan fingerprint density at radius 2 is 1.84 bits per heavy atom. The second kappa shape index (κ2) is 11.6. The molecule has 0 spiro atoms. The largest absolute Gasteiger partial charge is 0.466 e. The lowest BCUT2D eigenvalue weighted by atomic mass is 9.97. The lowest BCUT2D eigenvalue weighted by Gasteiger charge is -2.31. The first-order valence-corrected chi connectivity index (χ1v) is 11.7. The summed E-state index contributed by atoms with van der Waals surface area (Å²) in [7, 11) is 0. The topological polar surface area (TPSA) is 75.7 Å². The van der Waals surface area contributed by atoms with Gasteiger partial charge in [-0.25, -0.2) is 0 Å². The number of rotatable bonds is 8. The molecule has 2 aromatic carbocycles. The SMILES string of the molecule is CCOC(=O)C1CCCN(C(=O)c2ccc(CSCC(=O)Nc3ccccc3)cc2)C1. The molecule has 0 aromatic heterocycles. The maximum absolute atomic E-state index is 12.8. The second-order valence-corrected chi connectivity index (χ2v) is 8.43. The van der Waals surface area contributed by atoms with Crippen LogP contribution in [0, 0.1) is 5.92 Å². The molecule has 1 heterocycles. The van der Waals surface area contributed by atoms with Crippen LogP contribution in [0.2, 0.25) is 0 Å². The number of para-hydroxylation sites is 1. The standard InChI is InChI=1S/C24H28N2O4S/c1-2-30-24(29)20-7-6-14-26(15-20)23(28)19-12-10-18(11-13-19)16-31-17-22(27)25-21-8-4-3-5-9-21/h3-5,8-13,20H,2,6-7,14-17H2,1H3,(H,25,27). The monoisotopic (exact) mass is 440 g/mol. The van der Waals surface area contributed by atoms with Gasteiger partial charge in [0.1, 0.15) is 0 Å². The fourth-order valence-electron chi connectivity index (χ4n) is 3.52. The summed E-state index contributed by atoms with van der Waals surface area (Å²) in [5.74, 6) is 0.489. The van der Waals surface area contributed by atoms with E-state index in [0.29, 0.717) is 36.8 Å². The number of hydrogen-bond donors (Lipinski definition) is 1. The number of anilines is 1. The maximum atomic E-state index is 12.8. The molecule has 1 atom stereocenters. The van der Waals surface area contributed by atoms with Gasteiger partial charge in [-0.1, -0.05) is 30.3 Å². The minimum Gasteiger partial charge on any atom is -0.466 e. The van der Waals surface area contributed by atoms with Gasteiger partial charge in [0, 0.05) is 30.1 Å². The molecule has 2 amide bonds. The third kappa shape index (κ3) is 6.85. The van der Waals surface area contributed by atoms with E-state index in [2.05, 4.69) is 5.32 Å². The van der Waals surface area contributed by atoms with Crippen LogP contribution in [0.25, 0.3) is 0 Å². The number of benzene rings is 2. The third-order valence-electron chi connectivity index (χ3n) is 5.09. The molecule has 3 rings (SSSR count). The van der Waals surface area contributed by atoms with Gasteiger partial charge in [-0.2, -0.15) is 0 Å². The Labute approximate surface area is 187 Å². The third-order valence-corrected chi connectivity index (χ3v) is 6.09. The Morgan fingerprint density at radius 3 is 2.55 bits per heavy atom. The highest BCUT2D eigenvalue weighted by Crippen LogP contribution is 2.21. The summed E-state index contributed by atoms with van der Waals surface area (Å²) in [5, 5.41) is 2.87. The Kier molecular flexibility index (Phi) is 8.53. The van der Waals surface area contributed by atoms with Crippen LogP contribution < -0.4 is 5.32 Å². The van der Waals surface area contributed by atoms with Crippen molar-refractivity contribution in [2.75, 3.05) is 30.8 Å². The average Bonchev–Trinajstić information content (AvgIpc) is 2.80. The van der Waals surface area contributed by atoms with Crippen LogP contribution in [0.1, 0.15) is 35.7 Å². The van der Waals surface area contributed by atoms with Gasteiger partial charge in [-0.15, -0.1) is 11.8 Å². The highest BCUT2D eigenvalue weighted by molar-refractivity contribution is 7.99. The number of thioether (sulfide) groups is 1. The molecule has 0 saturated carbocycles. The van der Waals surface area contributed by atoms with E-state index < -0.39 is 0 Å². The molecular weight excluding hydrogens is 412 g/mol. The number of amides is 2.